The topological polar surface area (TPSA) is 0 Å². The fourth-order valence-electron chi connectivity index (χ4n) is 3.35. The summed E-state index contributed by atoms with van der Waals surface area (Å²) < 4.78 is 0. The molecule has 22 heavy (non-hydrogen) atoms. The highest BCUT2D eigenvalue weighted by Crippen LogP contribution is 2.47. The summed E-state index contributed by atoms with van der Waals surface area (Å²) in [5, 5.41) is 5.38. The summed E-state index contributed by atoms with van der Waals surface area (Å²) in [7, 11) is 0. The highest BCUT2D eigenvalue weighted by Gasteiger charge is 2.21. The van der Waals surface area contributed by atoms with Crippen molar-refractivity contribution in [3.8, 4) is 0 Å². The van der Waals surface area contributed by atoms with E-state index in [1.165, 1.54) is 42.5 Å². The Morgan fingerprint density at radius 1 is 0.545 bits per heavy atom. The van der Waals surface area contributed by atoms with Gasteiger partial charge in [-0.15, -0.1) is 0 Å². The standard InChI is InChI=1S/C21H13S/c1-6-12-20-14(7-1)13-19-17-10-3-2-8-15(17)16-9-4-5-11-18(16)21(19)22-20/h1-13H. The molecule has 0 spiro atoms. The van der Waals surface area contributed by atoms with Crippen molar-refractivity contribution in [1.82, 2.24) is 0 Å². The lowest BCUT2D eigenvalue weighted by Crippen LogP contribution is -1.99. The van der Waals surface area contributed by atoms with Crippen molar-refractivity contribution in [3.05, 3.63) is 90.3 Å². The first-order chi connectivity index (χ1) is 10.9. The van der Waals surface area contributed by atoms with Crippen LogP contribution in [0.2, 0.25) is 0 Å². The third-order valence-electron chi connectivity index (χ3n) is 4.35. The molecule has 0 saturated heterocycles. The monoisotopic (exact) mass is 297 g/mol. The third kappa shape index (κ3) is 1.66. The van der Waals surface area contributed by atoms with E-state index in [1.54, 1.807) is 0 Å². The second-order valence-corrected chi connectivity index (χ2v) is 6.67. The van der Waals surface area contributed by atoms with Crippen molar-refractivity contribution in [3.63, 3.8) is 0 Å². The van der Waals surface area contributed by atoms with E-state index in [-0.39, 0.29) is 0 Å². The molecule has 0 fully saturated rings. The molecule has 0 aliphatic carbocycles. The maximum absolute atomic E-state index is 2.34. The van der Waals surface area contributed by atoms with Gasteiger partial charge in [0.05, 0.1) is 0 Å². The van der Waals surface area contributed by atoms with Crippen LogP contribution in [0, 0.1) is 6.42 Å². The minimum Gasteiger partial charge on any atom is -0.0888 e. The minimum atomic E-state index is 1.32. The summed E-state index contributed by atoms with van der Waals surface area (Å²) in [6.07, 6.45) is 2.34. The van der Waals surface area contributed by atoms with E-state index < -0.39 is 0 Å². The summed E-state index contributed by atoms with van der Waals surface area (Å²) in [6.45, 7) is 0. The van der Waals surface area contributed by atoms with Crippen LogP contribution in [0.5, 0.6) is 0 Å². The van der Waals surface area contributed by atoms with Crippen LogP contribution >= 0.6 is 11.8 Å². The van der Waals surface area contributed by atoms with Crippen LogP contribution in [0.15, 0.2) is 82.6 Å². The Bertz CT molecular complexity index is 947. The van der Waals surface area contributed by atoms with Crippen LogP contribution in [0.1, 0.15) is 11.1 Å². The molecule has 0 amide bonds. The van der Waals surface area contributed by atoms with Crippen LogP contribution in [0.4, 0.5) is 0 Å². The van der Waals surface area contributed by atoms with Gasteiger partial charge in [-0.05, 0) is 38.7 Å². The molecule has 4 aromatic rings. The molecule has 0 atom stereocenters. The van der Waals surface area contributed by atoms with E-state index in [0.29, 0.717) is 0 Å². The maximum Gasteiger partial charge on any atom is 0.0245 e. The fourth-order valence-corrected chi connectivity index (χ4v) is 4.53. The van der Waals surface area contributed by atoms with Gasteiger partial charge in [0.25, 0.3) is 0 Å². The normalized spacial score (nSPS) is 13.1. The zero-order valence-electron chi connectivity index (χ0n) is 11.9. The average molecular weight is 297 g/mol. The van der Waals surface area contributed by atoms with Crippen molar-refractivity contribution in [2.75, 3.05) is 0 Å². The Hall–Kier alpha value is -2.25. The summed E-state index contributed by atoms with van der Waals surface area (Å²) in [5.74, 6) is 0. The Labute approximate surface area is 133 Å². The van der Waals surface area contributed by atoms with Crippen molar-refractivity contribution < 1.29 is 0 Å². The fraction of sp³-hybridized carbons (Fsp3) is 0. The van der Waals surface area contributed by atoms with Gasteiger partial charge in [0.2, 0.25) is 0 Å². The van der Waals surface area contributed by atoms with Crippen molar-refractivity contribution in [1.29, 1.82) is 0 Å². The Morgan fingerprint density at radius 2 is 1.14 bits per heavy atom. The van der Waals surface area contributed by atoms with Gasteiger partial charge in [-0.25, -0.2) is 0 Å². The molecule has 1 aliphatic rings. The number of hydrogen-bond acceptors (Lipinski definition) is 1. The van der Waals surface area contributed by atoms with E-state index >= 15 is 0 Å². The predicted molar refractivity (Wildman–Crippen MR) is 94.5 cm³/mol. The highest BCUT2D eigenvalue weighted by molar-refractivity contribution is 7.99. The average Bonchev–Trinajstić information content (AvgIpc) is 2.61. The summed E-state index contributed by atoms with van der Waals surface area (Å²) >= 11 is 1.90. The zero-order chi connectivity index (χ0) is 14.5. The molecule has 4 aromatic carbocycles. The van der Waals surface area contributed by atoms with Gasteiger partial charge in [0, 0.05) is 16.2 Å². The molecular weight excluding hydrogens is 284 g/mol. The second-order valence-electron chi connectivity index (χ2n) is 5.62. The van der Waals surface area contributed by atoms with Gasteiger partial charge in [-0.1, -0.05) is 78.5 Å². The molecule has 0 unspecified atom stereocenters. The molecule has 1 heterocycles. The molecule has 1 heteroatoms. The Kier molecular flexibility index (Phi) is 2.59. The molecule has 1 radical (unpaired) electrons. The molecule has 103 valence electrons. The molecule has 0 bridgehead atoms. The van der Waals surface area contributed by atoms with E-state index in [4.69, 9.17) is 0 Å². The molecule has 0 N–H and O–H groups in total. The first-order valence-corrected chi connectivity index (χ1v) is 8.28. The van der Waals surface area contributed by atoms with E-state index in [9.17, 15) is 0 Å². The van der Waals surface area contributed by atoms with E-state index in [2.05, 4.69) is 79.2 Å². The minimum absolute atomic E-state index is 1.32. The van der Waals surface area contributed by atoms with Gasteiger partial charge in [0.1, 0.15) is 0 Å². The summed E-state index contributed by atoms with van der Waals surface area (Å²) in [5.41, 5.74) is 2.68. The highest BCUT2D eigenvalue weighted by atomic mass is 32.2. The van der Waals surface area contributed by atoms with E-state index in [1.807, 2.05) is 11.8 Å². The third-order valence-corrected chi connectivity index (χ3v) is 5.59. The van der Waals surface area contributed by atoms with Gasteiger partial charge in [-0.3, -0.25) is 0 Å². The van der Waals surface area contributed by atoms with Crippen LogP contribution in [0.25, 0.3) is 21.5 Å². The molecule has 1 aliphatic heterocycles. The lowest BCUT2D eigenvalue weighted by Gasteiger charge is -2.22. The zero-order valence-corrected chi connectivity index (χ0v) is 12.7. The van der Waals surface area contributed by atoms with Crippen LogP contribution in [0.3, 0.4) is 0 Å². The number of hydrogen-bond donors (Lipinski definition) is 0. The van der Waals surface area contributed by atoms with Gasteiger partial charge < -0.3 is 0 Å². The Balaban J connectivity index is 1.94. The molecule has 0 aromatic heterocycles. The van der Waals surface area contributed by atoms with Crippen molar-refractivity contribution in [2.45, 2.75) is 9.79 Å². The lowest BCUT2D eigenvalue weighted by molar-refractivity contribution is 1.25. The predicted octanol–water partition coefficient (Wildman–Crippen LogP) is 6.06. The quantitative estimate of drug-likeness (QED) is 0.313. The second kappa shape index (κ2) is 4.62. The first kappa shape index (κ1) is 12.3. The summed E-state index contributed by atoms with van der Waals surface area (Å²) in [4.78, 5) is 2.73. The molecule has 0 saturated carbocycles. The van der Waals surface area contributed by atoms with Crippen molar-refractivity contribution >= 4 is 33.3 Å². The maximum atomic E-state index is 2.34. The van der Waals surface area contributed by atoms with Crippen LogP contribution < -0.4 is 0 Å². The van der Waals surface area contributed by atoms with Gasteiger partial charge in [-0.2, -0.15) is 0 Å². The van der Waals surface area contributed by atoms with Crippen LogP contribution in [-0.4, -0.2) is 0 Å². The number of fused-ring (bicyclic) bond motifs is 7. The summed E-state index contributed by atoms with van der Waals surface area (Å²) in [6, 6.07) is 26.1. The largest absolute Gasteiger partial charge is 0.0888 e. The lowest BCUT2D eigenvalue weighted by atomic mass is 9.93. The van der Waals surface area contributed by atoms with Gasteiger partial charge in [0.15, 0.2) is 0 Å². The van der Waals surface area contributed by atoms with Crippen molar-refractivity contribution in [2.24, 2.45) is 0 Å². The molecule has 5 rings (SSSR count). The van der Waals surface area contributed by atoms with Crippen LogP contribution in [-0.2, 0) is 0 Å². The SMILES string of the molecule is [CH]1c2ccccc2Sc2c1c1ccccc1c1ccccc21. The molecule has 0 nitrogen and oxygen atoms in total. The molecular formula is C21H13S. The number of benzene rings is 4. The Morgan fingerprint density at radius 3 is 1.95 bits per heavy atom. The first-order valence-electron chi connectivity index (χ1n) is 7.47. The van der Waals surface area contributed by atoms with E-state index in [0.717, 1.165) is 0 Å². The smallest absolute Gasteiger partial charge is 0.0245 e. The van der Waals surface area contributed by atoms with Gasteiger partial charge >= 0.3 is 0 Å². The number of rotatable bonds is 0.